The second-order valence-corrected chi connectivity index (χ2v) is 3.51. The van der Waals surface area contributed by atoms with Crippen LogP contribution in [0.3, 0.4) is 0 Å². The lowest BCUT2D eigenvalue weighted by Crippen LogP contribution is -2.30. The Bertz CT molecular complexity index is 214. The lowest BCUT2D eigenvalue weighted by Gasteiger charge is -2.18. The lowest BCUT2D eigenvalue weighted by molar-refractivity contribution is -0.126. The molecule has 1 rings (SSSR count). The molecule has 1 saturated heterocycles. The number of hydrogen-bond donors (Lipinski definition) is 0. The Morgan fingerprint density at radius 1 is 1.73 bits per heavy atom. The fourth-order valence-electron chi connectivity index (χ4n) is 1.29. The van der Waals surface area contributed by atoms with Crippen molar-refractivity contribution in [1.29, 1.82) is 0 Å². The second-order valence-electron chi connectivity index (χ2n) is 3.51. The van der Waals surface area contributed by atoms with E-state index >= 15 is 0 Å². The minimum atomic E-state index is -0.0111. The molecule has 0 bridgehead atoms. The highest BCUT2D eigenvalue weighted by Crippen LogP contribution is 2.08. The van der Waals surface area contributed by atoms with Gasteiger partial charge in [0.15, 0.2) is 0 Å². The molecule has 4 nitrogen and oxygen atoms in total. The third kappa shape index (κ3) is 4.95. The summed E-state index contributed by atoms with van der Waals surface area (Å²) in [5, 5.41) is 0. The maximum absolute atomic E-state index is 11.3. The maximum Gasteiger partial charge on any atom is 0.245 e. The molecular formula is C11H19NO3. The monoisotopic (exact) mass is 213 g/mol. The topological polar surface area (TPSA) is 42.1 Å². The molecule has 0 radical (unpaired) electrons. The first-order chi connectivity index (χ1) is 7.27. The van der Waals surface area contributed by atoms with Crippen LogP contribution >= 0.6 is 0 Å². The van der Waals surface area contributed by atoms with E-state index in [1.54, 1.807) is 4.90 Å². The lowest BCUT2D eigenvalue weighted by atomic mass is 10.3. The van der Waals surface area contributed by atoms with Gasteiger partial charge in [0.1, 0.15) is 6.10 Å². The van der Waals surface area contributed by atoms with Gasteiger partial charge in [0.25, 0.3) is 0 Å². The summed E-state index contributed by atoms with van der Waals surface area (Å²) in [6.07, 6.45) is 2.53. The molecule has 0 N–H and O–H groups in total. The number of rotatable bonds is 8. The van der Waals surface area contributed by atoms with Gasteiger partial charge < -0.3 is 14.4 Å². The molecule has 15 heavy (non-hydrogen) atoms. The number of carbonyl (C=O) groups excluding carboxylic acids is 1. The predicted octanol–water partition coefficient (Wildman–Crippen LogP) is 0.826. The zero-order chi connectivity index (χ0) is 11.1. The van der Waals surface area contributed by atoms with E-state index in [-0.39, 0.29) is 5.91 Å². The SMILES string of the molecule is C=CC(=O)N(CC)CCCOCC1CO1. The minimum absolute atomic E-state index is 0.0111. The van der Waals surface area contributed by atoms with Crippen molar-refractivity contribution in [1.82, 2.24) is 4.90 Å². The number of likely N-dealkylation sites (N-methyl/N-ethyl adjacent to an activating group) is 1. The van der Waals surface area contributed by atoms with Gasteiger partial charge in [-0.15, -0.1) is 0 Å². The average molecular weight is 213 g/mol. The summed E-state index contributed by atoms with van der Waals surface area (Å²) in [6.45, 7) is 9.07. The van der Waals surface area contributed by atoms with Crippen molar-refractivity contribution in [2.24, 2.45) is 0 Å². The summed E-state index contributed by atoms with van der Waals surface area (Å²) in [4.78, 5) is 13.0. The Kier molecular flexibility index (Phi) is 5.36. The van der Waals surface area contributed by atoms with Gasteiger partial charge >= 0.3 is 0 Å². The van der Waals surface area contributed by atoms with Gasteiger partial charge in [-0.25, -0.2) is 0 Å². The van der Waals surface area contributed by atoms with E-state index in [0.717, 1.165) is 26.1 Å². The van der Waals surface area contributed by atoms with Crippen LogP contribution in [0.5, 0.6) is 0 Å². The van der Waals surface area contributed by atoms with Crippen LogP contribution in [0.2, 0.25) is 0 Å². The van der Waals surface area contributed by atoms with Crippen LogP contribution < -0.4 is 0 Å². The highest BCUT2D eigenvalue weighted by Gasteiger charge is 2.22. The number of nitrogens with zero attached hydrogens (tertiary/aromatic N) is 1. The normalized spacial score (nSPS) is 18.6. The molecule has 4 heteroatoms. The minimum Gasteiger partial charge on any atom is -0.379 e. The van der Waals surface area contributed by atoms with Crippen LogP contribution in [0.1, 0.15) is 13.3 Å². The van der Waals surface area contributed by atoms with Crippen molar-refractivity contribution < 1.29 is 14.3 Å². The van der Waals surface area contributed by atoms with Crippen molar-refractivity contribution in [2.45, 2.75) is 19.4 Å². The van der Waals surface area contributed by atoms with Gasteiger partial charge in [0, 0.05) is 19.7 Å². The molecule has 0 saturated carbocycles. The van der Waals surface area contributed by atoms with Crippen LogP contribution in [0.4, 0.5) is 0 Å². The number of epoxide rings is 1. The third-order valence-electron chi connectivity index (χ3n) is 2.29. The smallest absolute Gasteiger partial charge is 0.245 e. The van der Waals surface area contributed by atoms with Gasteiger partial charge in [-0.1, -0.05) is 6.58 Å². The molecule has 1 heterocycles. The van der Waals surface area contributed by atoms with Crippen LogP contribution in [0.25, 0.3) is 0 Å². The molecule has 1 unspecified atom stereocenters. The predicted molar refractivity (Wildman–Crippen MR) is 57.6 cm³/mol. The Morgan fingerprint density at radius 3 is 3.00 bits per heavy atom. The van der Waals surface area contributed by atoms with Crippen molar-refractivity contribution in [3.05, 3.63) is 12.7 Å². The highest BCUT2D eigenvalue weighted by molar-refractivity contribution is 5.86. The summed E-state index contributed by atoms with van der Waals surface area (Å²) in [5.41, 5.74) is 0. The standard InChI is InChI=1S/C11H19NO3/c1-3-11(13)12(4-2)6-5-7-14-8-10-9-15-10/h3,10H,1,4-9H2,2H3. The first-order valence-corrected chi connectivity index (χ1v) is 5.38. The van der Waals surface area contributed by atoms with Gasteiger partial charge in [0.2, 0.25) is 5.91 Å². The van der Waals surface area contributed by atoms with E-state index in [1.807, 2.05) is 6.92 Å². The summed E-state index contributed by atoms with van der Waals surface area (Å²) in [6, 6.07) is 0. The summed E-state index contributed by atoms with van der Waals surface area (Å²) in [5.74, 6) is -0.0111. The molecule has 0 aromatic rings. The molecular weight excluding hydrogens is 194 g/mol. The van der Waals surface area contributed by atoms with Gasteiger partial charge in [-0.3, -0.25) is 4.79 Å². The van der Waals surface area contributed by atoms with E-state index in [4.69, 9.17) is 9.47 Å². The molecule has 0 spiro atoms. The fraction of sp³-hybridized carbons (Fsp3) is 0.727. The summed E-state index contributed by atoms with van der Waals surface area (Å²) < 4.78 is 10.4. The Morgan fingerprint density at radius 2 is 2.47 bits per heavy atom. The Hall–Kier alpha value is -0.870. The molecule has 1 amide bonds. The van der Waals surface area contributed by atoms with E-state index in [2.05, 4.69) is 6.58 Å². The quantitative estimate of drug-likeness (QED) is 0.341. The van der Waals surface area contributed by atoms with Crippen LogP contribution in [-0.2, 0) is 14.3 Å². The van der Waals surface area contributed by atoms with Crippen molar-refractivity contribution in [3.63, 3.8) is 0 Å². The van der Waals surface area contributed by atoms with Gasteiger partial charge in [-0.2, -0.15) is 0 Å². The number of hydrogen-bond acceptors (Lipinski definition) is 3. The summed E-state index contributed by atoms with van der Waals surface area (Å²) >= 11 is 0. The first-order valence-electron chi connectivity index (χ1n) is 5.38. The number of amides is 1. The summed E-state index contributed by atoms with van der Waals surface area (Å²) in [7, 11) is 0. The van der Waals surface area contributed by atoms with E-state index in [0.29, 0.717) is 19.3 Å². The average Bonchev–Trinajstić information content (AvgIpc) is 3.06. The fourth-order valence-corrected chi connectivity index (χ4v) is 1.29. The van der Waals surface area contributed by atoms with E-state index < -0.39 is 0 Å². The Labute approximate surface area is 90.8 Å². The molecule has 86 valence electrons. The molecule has 1 aliphatic rings. The van der Waals surface area contributed by atoms with Crippen molar-refractivity contribution in [3.8, 4) is 0 Å². The van der Waals surface area contributed by atoms with Crippen LogP contribution in [0.15, 0.2) is 12.7 Å². The Balaban J connectivity index is 2.00. The van der Waals surface area contributed by atoms with Crippen LogP contribution in [0, 0.1) is 0 Å². The zero-order valence-corrected chi connectivity index (χ0v) is 9.28. The van der Waals surface area contributed by atoms with Crippen LogP contribution in [-0.4, -0.2) is 49.8 Å². The molecule has 1 fully saturated rings. The largest absolute Gasteiger partial charge is 0.379 e. The number of ether oxygens (including phenoxy) is 2. The van der Waals surface area contributed by atoms with Gasteiger partial charge in [0.05, 0.1) is 13.2 Å². The highest BCUT2D eigenvalue weighted by atomic mass is 16.6. The molecule has 0 aromatic heterocycles. The van der Waals surface area contributed by atoms with E-state index in [1.165, 1.54) is 6.08 Å². The number of carbonyl (C=O) groups is 1. The molecule has 0 aliphatic carbocycles. The molecule has 1 atom stereocenters. The van der Waals surface area contributed by atoms with E-state index in [9.17, 15) is 4.79 Å². The molecule has 0 aromatic carbocycles. The van der Waals surface area contributed by atoms with Gasteiger partial charge in [-0.05, 0) is 19.4 Å². The maximum atomic E-state index is 11.3. The second kappa shape index (κ2) is 6.58. The third-order valence-corrected chi connectivity index (χ3v) is 2.29. The molecule has 1 aliphatic heterocycles. The van der Waals surface area contributed by atoms with Crippen molar-refractivity contribution in [2.75, 3.05) is 32.9 Å². The van der Waals surface area contributed by atoms with Crippen molar-refractivity contribution >= 4 is 5.91 Å². The zero-order valence-electron chi connectivity index (χ0n) is 9.28. The first kappa shape index (κ1) is 12.2.